The topological polar surface area (TPSA) is 81.9 Å². The van der Waals surface area contributed by atoms with E-state index in [9.17, 15) is 4.91 Å². The molecule has 5 heteroatoms. The molecule has 0 unspecified atom stereocenters. The van der Waals surface area contributed by atoms with E-state index in [1.54, 1.807) is 0 Å². The van der Waals surface area contributed by atoms with Gasteiger partial charge in [0.25, 0.3) is 4.92 Å². The minimum Gasteiger partial charge on any atom is -0.507 e. The van der Waals surface area contributed by atoms with Gasteiger partial charge in [-0.2, -0.15) is 0 Å². The van der Waals surface area contributed by atoms with Crippen LogP contribution in [0.4, 0.5) is 5.69 Å². The van der Waals surface area contributed by atoms with Crippen LogP contribution in [-0.2, 0) is 0 Å². The van der Waals surface area contributed by atoms with E-state index in [1.165, 1.54) is 12.1 Å². The number of nitrogens with zero attached hydrogens (tertiary/aromatic N) is 1. The maximum atomic E-state index is 10.3. The number of hydrogen-bond donors (Lipinski definition) is 2. The normalized spacial score (nSPS) is 9.33. The summed E-state index contributed by atoms with van der Waals surface area (Å²) in [5, 5.41) is 17.5. The van der Waals surface area contributed by atoms with Crippen molar-refractivity contribution in [2.75, 3.05) is 0 Å². The molecule has 0 amide bonds. The zero-order chi connectivity index (χ0) is 9.14. The molecule has 3 N–H and O–H groups in total. The van der Waals surface area contributed by atoms with Gasteiger partial charge in [-0.25, -0.2) is 5.21 Å². The highest BCUT2D eigenvalue weighted by atomic mass is 16.6. The lowest BCUT2D eigenvalue weighted by atomic mass is 10.2. The summed E-state index contributed by atoms with van der Waals surface area (Å²) in [6.07, 6.45) is 0.641. The number of phenols is 1. The molecule has 0 atom stereocenters. The molecule has 0 aliphatic carbocycles. The van der Waals surface area contributed by atoms with Crippen molar-refractivity contribution in [1.29, 1.82) is 0 Å². The monoisotopic (exact) mass is 169 g/mol. The van der Waals surface area contributed by atoms with Crippen molar-refractivity contribution in [2.24, 2.45) is 0 Å². The Morgan fingerprint density at radius 1 is 1.50 bits per heavy atom. The fraction of sp³-hybridized carbons (Fsp3) is 0. The average molecular weight is 169 g/mol. The summed E-state index contributed by atoms with van der Waals surface area (Å²) in [7, 11) is 0. The van der Waals surface area contributed by atoms with E-state index in [2.05, 4.69) is 0 Å². The maximum absolute atomic E-state index is 10.3. The third-order valence-electron chi connectivity index (χ3n) is 1.37. The third kappa shape index (κ3) is 1.39. The quantitative estimate of drug-likeness (QED) is 0.388. The summed E-state index contributed by atoms with van der Waals surface area (Å²) < 4.78 is 0. The van der Waals surface area contributed by atoms with E-state index < -0.39 is 0 Å². The fourth-order valence-corrected chi connectivity index (χ4v) is 0.764. The van der Waals surface area contributed by atoms with Crippen molar-refractivity contribution in [3.8, 4) is 5.75 Å². The lowest BCUT2D eigenvalue weighted by Crippen LogP contribution is -1.93. The molecule has 0 aliphatic heterocycles. The first kappa shape index (κ1) is 8.19. The Hall–Kier alpha value is -1.91. The van der Waals surface area contributed by atoms with Crippen LogP contribution >= 0.6 is 0 Å². The number of aromatic hydroxyl groups is 1. The Labute approximate surface area is 67.4 Å². The summed E-state index contributed by atoms with van der Waals surface area (Å²) in [5.41, 5.74) is 0.00972. The Balaban J connectivity index is 3.22. The molecule has 1 aromatic carbocycles. The molecular weight excluding hydrogens is 162 g/mol. The molecule has 5 nitrogen and oxygen atoms in total. The molecule has 0 aromatic heterocycles. The van der Waals surface area contributed by atoms with Gasteiger partial charge in [-0.15, -0.1) is 0 Å². The first-order chi connectivity index (χ1) is 5.65. The third-order valence-corrected chi connectivity index (χ3v) is 1.37. The lowest BCUT2D eigenvalue weighted by molar-refractivity contribution is -0.729. The van der Waals surface area contributed by atoms with Crippen LogP contribution in [0.25, 0.3) is 0 Å². The second-order valence-electron chi connectivity index (χ2n) is 2.15. The van der Waals surface area contributed by atoms with Crippen LogP contribution in [0.2, 0.25) is 0 Å². The predicted molar refractivity (Wildman–Crippen MR) is 40.3 cm³/mol. The van der Waals surface area contributed by atoms with Crippen molar-refractivity contribution in [3.05, 3.63) is 28.7 Å². The van der Waals surface area contributed by atoms with Crippen molar-refractivity contribution < 1.29 is 20.0 Å². The lowest BCUT2D eigenvalue weighted by Gasteiger charge is -1.90. The van der Waals surface area contributed by atoms with Gasteiger partial charge in [0.15, 0.2) is 0 Å². The summed E-state index contributed by atoms with van der Waals surface area (Å²) in [6, 6.07) is 3.55. The zero-order valence-electron chi connectivity index (χ0n) is 6.01. The van der Waals surface area contributed by atoms with Crippen LogP contribution in [0, 0.1) is 4.91 Å². The summed E-state index contributed by atoms with van der Waals surface area (Å²) in [5.74, 6) is -0.164. The van der Waals surface area contributed by atoms with E-state index in [4.69, 9.17) is 15.1 Å². The molecular formula is C7H7NO4+2. The molecule has 62 valence electrons. The van der Waals surface area contributed by atoms with E-state index in [0.717, 1.165) is 6.07 Å². The van der Waals surface area contributed by atoms with E-state index in [0.29, 0.717) is 6.29 Å². The van der Waals surface area contributed by atoms with E-state index in [1.807, 2.05) is 0 Å². The Kier molecular flexibility index (Phi) is 2.05. The molecule has 1 aromatic rings. The first-order valence-electron chi connectivity index (χ1n) is 3.11. The highest BCUT2D eigenvalue weighted by molar-refractivity contribution is 5.80. The number of rotatable bonds is 2. The maximum Gasteiger partial charge on any atom is 0.317 e. The SMILES string of the molecule is O=[N+](O)c1ccc(O)c(C=[OH+])c1. The van der Waals surface area contributed by atoms with Crippen LogP contribution in [0.1, 0.15) is 5.56 Å². The predicted octanol–water partition coefficient (Wildman–Crippen LogP) is 0.715. The summed E-state index contributed by atoms with van der Waals surface area (Å²) in [6.45, 7) is 0. The standard InChI is InChI=1S/C7H5NO4/c9-4-5-3-6(8(11)12)1-2-7(5)10/h1-4H,(H-,9,10,11,12)/p+2. The Morgan fingerprint density at radius 2 is 2.17 bits per heavy atom. The fourth-order valence-electron chi connectivity index (χ4n) is 0.764. The van der Waals surface area contributed by atoms with Crippen LogP contribution < -0.4 is 0 Å². The smallest absolute Gasteiger partial charge is 0.317 e. The van der Waals surface area contributed by atoms with Gasteiger partial charge in [0.2, 0.25) is 0 Å². The van der Waals surface area contributed by atoms with Gasteiger partial charge in [-0.1, -0.05) is 0 Å². The average Bonchev–Trinajstić information content (AvgIpc) is 2.05. The molecule has 0 spiro atoms. The summed E-state index contributed by atoms with van der Waals surface area (Å²) in [4.78, 5) is 18.5. The van der Waals surface area contributed by atoms with Crippen molar-refractivity contribution in [1.82, 2.24) is 0 Å². The molecule has 0 aliphatic rings. The highest BCUT2D eigenvalue weighted by Crippen LogP contribution is 2.20. The van der Waals surface area contributed by atoms with Crippen molar-refractivity contribution in [2.45, 2.75) is 0 Å². The number of phenolic OH excluding ortho intramolecular Hbond substituents is 1. The van der Waals surface area contributed by atoms with E-state index >= 15 is 0 Å². The second kappa shape index (κ2) is 3.00. The number of benzene rings is 1. The molecule has 0 saturated heterocycles. The van der Waals surface area contributed by atoms with Crippen LogP contribution in [0.15, 0.2) is 18.2 Å². The van der Waals surface area contributed by atoms with Gasteiger partial charge >= 0.3 is 12.0 Å². The van der Waals surface area contributed by atoms with Crippen molar-refractivity contribution >= 4 is 12.0 Å². The van der Waals surface area contributed by atoms with E-state index in [-0.39, 0.29) is 21.9 Å². The first-order valence-corrected chi connectivity index (χ1v) is 3.11. The van der Waals surface area contributed by atoms with Gasteiger partial charge in [0.05, 0.1) is 4.91 Å². The summed E-state index contributed by atoms with van der Waals surface area (Å²) >= 11 is 0. The molecule has 0 radical (unpaired) electrons. The molecule has 0 heterocycles. The highest BCUT2D eigenvalue weighted by Gasteiger charge is 2.15. The number of aldehydes is 1. The minimum absolute atomic E-state index is 0.0619. The van der Waals surface area contributed by atoms with Gasteiger partial charge in [0.1, 0.15) is 11.3 Å². The molecule has 1 rings (SSSR count). The molecule has 0 fully saturated rings. The van der Waals surface area contributed by atoms with Crippen molar-refractivity contribution in [3.63, 3.8) is 0 Å². The van der Waals surface area contributed by atoms with Gasteiger partial charge in [-0.3, -0.25) is 4.79 Å². The Morgan fingerprint density at radius 3 is 2.67 bits per heavy atom. The minimum atomic E-state index is -0.355. The second-order valence-corrected chi connectivity index (χ2v) is 2.15. The molecule has 0 bridgehead atoms. The Bertz CT molecular complexity index is 334. The van der Waals surface area contributed by atoms with Crippen LogP contribution in [-0.4, -0.2) is 26.3 Å². The van der Waals surface area contributed by atoms with Crippen LogP contribution in [0.3, 0.4) is 0 Å². The van der Waals surface area contributed by atoms with Crippen LogP contribution in [0.5, 0.6) is 5.75 Å². The van der Waals surface area contributed by atoms with Gasteiger partial charge in [0, 0.05) is 12.1 Å². The number of carbonyl (C=O) groups excluding carboxylic acids is 1. The number of hydrogen-bond acceptors (Lipinski definition) is 2. The largest absolute Gasteiger partial charge is 0.507 e. The molecule has 12 heavy (non-hydrogen) atoms. The molecule has 0 saturated carbocycles. The van der Waals surface area contributed by atoms with Gasteiger partial charge in [-0.05, 0) is 6.07 Å². The zero-order valence-corrected chi connectivity index (χ0v) is 6.01. The van der Waals surface area contributed by atoms with Gasteiger partial charge < -0.3 is 5.11 Å².